The van der Waals surface area contributed by atoms with Gasteiger partial charge in [0.2, 0.25) is 0 Å². The van der Waals surface area contributed by atoms with Crippen molar-refractivity contribution in [3.63, 3.8) is 0 Å². The Morgan fingerprint density at radius 3 is 2.77 bits per heavy atom. The normalized spacial score (nSPS) is 12.5. The molecule has 0 radical (unpaired) electrons. The Hall–Kier alpha value is -0.870. The fourth-order valence-corrected chi connectivity index (χ4v) is 1.41. The minimum Gasteiger partial charge on any atom is -0.506 e. The van der Waals surface area contributed by atoms with E-state index >= 15 is 0 Å². The first-order valence-corrected chi connectivity index (χ1v) is 4.41. The van der Waals surface area contributed by atoms with Crippen LogP contribution in [-0.2, 0) is 0 Å². The molecule has 0 spiro atoms. The lowest BCUT2D eigenvalue weighted by molar-refractivity contribution is 0.459. The Kier molecular flexibility index (Phi) is 3.06. The van der Waals surface area contributed by atoms with Crippen LogP contribution in [0.25, 0.3) is 0 Å². The van der Waals surface area contributed by atoms with Gasteiger partial charge in [-0.25, -0.2) is 4.39 Å². The zero-order chi connectivity index (χ0) is 10.0. The van der Waals surface area contributed by atoms with Crippen LogP contribution in [0.1, 0.15) is 11.6 Å². The van der Waals surface area contributed by atoms with E-state index in [2.05, 4.69) is 22.5 Å². The molecule has 3 N–H and O–H groups in total. The third-order valence-electron chi connectivity index (χ3n) is 1.67. The Morgan fingerprint density at radius 2 is 2.23 bits per heavy atom. The van der Waals surface area contributed by atoms with Crippen LogP contribution in [0.15, 0.2) is 29.3 Å². The molecule has 0 aliphatic rings. The molecule has 0 heterocycles. The van der Waals surface area contributed by atoms with E-state index in [9.17, 15) is 9.50 Å². The first-order valence-electron chi connectivity index (χ1n) is 3.62. The monoisotopic (exact) mass is 245 g/mol. The molecule has 1 aromatic carbocycles. The van der Waals surface area contributed by atoms with Crippen LogP contribution in [0.3, 0.4) is 0 Å². The molecular formula is C9H9BrFNO. The molecule has 0 unspecified atom stereocenters. The highest BCUT2D eigenvalue weighted by Crippen LogP contribution is 2.32. The number of aromatic hydroxyl groups is 1. The molecule has 4 heteroatoms. The van der Waals surface area contributed by atoms with Crippen molar-refractivity contribution in [3.8, 4) is 5.75 Å². The first-order chi connectivity index (χ1) is 6.06. The van der Waals surface area contributed by atoms with Crippen LogP contribution >= 0.6 is 15.9 Å². The van der Waals surface area contributed by atoms with Gasteiger partial charge in [-0.3, -0.25) is 0 Å². The fourth-order valence-electron chi connectivity index (χ4n) is 0.967. The maximum atomic E-state index is 12.9. The summed E-state index contributed by atoms with van der Waals surface area (Å²) in [7, 11) is 0. The van der Waals surface area contributed by atoms with Crippen LogP contribution < -0.4 is 5.73 Å². The van der Waals surface area contributed by atoms with E-state index in [0.717, 1.165) is 0 Å². The average Bonchev–Trinajstić information content (AvgIpc) is 2.10. The lowest BCUT2D eigenvalue weighted by Gasteiger charge is -2.10. The van der Waals surface area contributed by atoms with E-state index in [1.807, 2.05) is 0 Å². The van der Waals surface area contributed by atoms with Crippen molar-refractivity contribution in [2.75, 3.05) is 0 Å². The quantitative estimate of drug-likeness (QED) is 0.787. The van der Waals surface area contributed by atoms with Gasteiger partial charge in [0.15, 0.2) is 0 Å². The summed E-state index contributed by atoms with van der Waals surface area (Å²) in [6.45, 7) is 3.46. The molecule has 0 aliphatic carbocycles. The van der Waals surface area contributed by atoms with E-state index in [4.69, 9.17) is 5.73 Å². The summed E-state index contributed by atoms with van der Waals surface area (Å²) in [5.41, 5.74) is 5.89. The molecule has 70 valence electrons. The van der Waals surface area contributed by atoms with Crippen molar-refractivity contribution in [3.05, 3.63) is 40.6 Å². The lowest BCUT2D eigenvalue weighted by Crippen LogP contribution is -2.07. The van der Waals surface area contributed by atoms with Crippen molar-refractivity contribution in [1.82, 2.24) is 0 Å². The summed E-state index contributed by atoms with van der Waals surface area (Å²) in [4.78, 5) is 0. The van der Waals surface area contributed by atoms with Gasteiger partial charge in [0.25, 0.3) is 0 Å². The fraction of sp³-hybridized carbons (Fsp3) is 0.111. The predicted molar refractivity (Wildman–Crippen MR) is 52.9 cm³/mol. The van der Waals surface area contributed by atoms with Crippen molar-refractivity contribution >= 4 is 15.9 Å². The highest BCUT2D eigenvalue weighted by Gasteiger charge is 2.12. The van der Waals surface area contributed by atoms with E-state index in [1.165, 1.54) is 18.2 Å². The van der Waals surface area contributed by atoms with Crippen LogP contribution in [0.5, 0.6) is 5.75 Å². The van der Waals surface area contributed by atoms with Gasteiger partial charge < -0.3 is 10.8 Å². The molecule has 2 nitrogen and oxygen atoms in total. The van der Waals surface area contributed by atoms with Gasteiger partial charge in [-0.05, 0) is 28.1 Å². The van der Waals surface area contributed by atoms with Gasteiger partial charge in [0, 0.05) is 5.56 Å². The predicted octanol–water partition coefficient (Wildman–Crippen LogP) is 2.48. The lowest BCUT2D eigenvalue weighted by atomic mass is 10.1. The zero-order valence-electron chi connectivity index (χ0n) is 6.80. The Bertz CT molecular complexity index is 341. The van der Waals surface area contributed by atoms with Gasteiger partial charge in [0.1, 0.15) is 11.6 Å². The molecule has 13 heavy (non-hydrogen) atoms. The van der Waals surface area contributed by atoms with Crippen molar-refractivity contribution < 1.29 is 9.50 Å². The number of benzene rings is 1. The van der Waals surface area contributed by atoms with Gasteiger partial charge in [-0.1, -0.05) is 6.08 Å². The maximum Gasteiger partial charge on any atom is 0.135 e. The summed E-state index contributed by atoms with van der Waals surface area (Å²) < 4.78 is 13.2. The molecule has 1 rings (SSSR count). The van der Waals surface area contributed by atoms with Crippen molar-refractivity contribution in [2.24, 2.45) is 5.73 Å². The third-order valence-corrected chi connectivity index (χ3v) is 2.28. The SMILES string of the molecule is C=C[C@@H](N)c1cc(F)cc(Br)c1O. The number of nitrogens with two attached hydrogens (primary N) is 1. The number of rotatable bonds is 2. The Balaban J connectivity index is 3.27. The first kappa shape index (κ1) is 10.2. The van der Waals surface area contributed by atoms with E-state index in [-0.39, 0.29) is 5.75 Å². The topological polar surface area (TPSA) is 46.2 Å². The number of halogens is 2. The van der Waals surface area contributed by atoms with Crippen molar-refractivity contribution in [2.45, 2.75) is 6.04 Å². The smallest absolute Gasteiger partial charge is 0.135 e. The average molecular weight is 246 g/mol. The molecule has 1 aromatic rings. The molecule has 0 aliphatic heterocycles. The molecule has 0 saturated heterocycles. The number of phenols is 1. The van der Waals surface area contributed by atoms with Crippen LogP contribution in [-0.4, -0.2) is 5.11 Å². The summed E-state index contributed by atoms with van der Waals surface area (Å²) >= 11 is 3.01. The molecule has 0 fully saturated rings. The van der Waals surface area contributed by atoms with Gasteiger partial charge in [-0.2, -0.15) is 0 Å². The largest absolute Gasteiger partial charge is 0.506 e. The summed E-state index contributed by atoms with van der Waals surface area (Å²) in [6, 6.07) is 1.80. The van der Waals surface area contributed by atoms with E-state index < -0.39 is 11.9 Å². The van der Waals surface area contributed by atoms with E-state index in [1.54, 1.807) is 0 Å². The minimum absolute atomic E-state index is 0.0474. The highest BCUT2D eigenvalue weighted by molar-refractivity contribution is 9.10. The third kappa shape index (κ3) is 2.08. The van der Waals surface area contributed by atoms with Crippen LogP contribution in [0.2, 0.25) is 0 Å². The van der Waals surface area contributed by atoms with Gasteiger partial charge in [-0.15, -0.1) is 6.58 Å². The molecule has 0 aromatic heterocycles. The molecule has 0 amide bonds. The second-order valence-electron chi connectivity index (χ2n) is 2.59. The highest BCUT2D eigenvalue weighted by atomic mass is 79.9. The Labute approximate surface area is 84.0 Å². The summed E-state index contributed by atoms with van der Waals surface area (Å²) in [6.07, 6.45) is 1.43. The van der Waals surface area contributed by atoms with Crippen LogP contribution in [0, 0.1) is 5.82 Å². The van der Waals surface area contributed by atoms with Gasteiger partial charge in [0.05, 0.1) is 10.5 Å². The zero-order valence-corrected chi connectivity index (χ0v) is 8.38. The Morgan fingerprint density at radius 1 is 1.62 bits per heavy atom. The summed E-state index contributed by atoms with van der Waals surface area (Å²) in [5.74, 6) is -0.495. The van der Waals surface area contributed by atoms with Crippen molar-refractivity contribution in [1.29, 1.82) is 0 Å². The molecule has 0 bridgehead atoms. The molecule has 0 saturated carbocycles. The number of hydrogen-bond donors (Lipinski definition) is 2. The number of hydrogen-bond acceptors (Lipinski definition) is 2. The molecule has 1 atom stereocenters. The van der Waals surface area contributed by atoms with Crippen LogP contribution in [0.4, 0.5) is 4.39 Å². The summed E-state index contributed by atoms with van der Waals surface area (Å²) in [5, 5.41) is 9.48. The standard InChI is InChI=1S/C9H9BrFNO/c1-2-8(12)6-3-5(11)4-7(10)9(6)13/h2-4,8,13H,1,12H2/t8-/m1/s1. The van der Waals surface area contributed by atoms with E-state index in [0.29, 0.717) is 10.0 Å². The molecular weight excluding hydrogens is 237 g/mol. The second kappa shape index (κ2) is 3.89. The second-order valence-corrected chi connectivity index (χ2v) is 3.44. The maximum absolute atomic E-state index is 12.9. The number of phenolic OH excluding ortho intramolecular Hbond substituents is 1. The minimum atomic E-state index is -0.563. The van der Waals surface area contributed by atoms with Gasteiger partial charge >= 0.3 is 0 Å².